The van der Waals surface area contributed by atoms with E-state index in [1.807, 2.05) is 69.3 Å². The molecule has 4 rings (SSSR count). The lowest BCUT2D eigenvalue weighted by molar-refractivity contribution is 0.367. The first kappa shape index (κ1) is 16.9. The molecule has 0 radical (unpaired) electrons. The monoisotopic (exact) mass is 356 g/mol. The summed E-state index contributed by atoms with van der Waals surface area (Å²) < 4.78 is 7.64. The predicted octanol–water partition coefficient (Wildman–Crippen LogP) is 4.02. The molecule has 1 aromatic heterocycles. The van der Waals surface area contributed by atoms with Crippen LogP contribution in [0.4, 0.5) is 0 Å². The molecule has 3 aromatic rings. The number of nitrogens with zero attached hydrogens (tertiary/aromatic N) is 3. The van der Waals surface area contributed by atoms with Crippen LogP contribution in [0.1, 0.15) is 33.9 Å². The number of nitriles is 1. The summed E-state index contributed by atoms with van der Waals surface area (Å²) >= 11 is 0. The lowest BCUT2D eigenvalue weighted by Crippen LogP contribution is -2.22. The van der Waals surface area contributed by atoms with E-state index in [0.29, 0.717) is 11.5 Å². The van der Waals surface area contributed by atoms with E-state index >= 15 is 0 Å². The third-order valence-corrected chi connectivity index (χ3v) is 4.92. The van der Waals surface area contributed by atoms with E-state index in [2.05, 4.69) is 11.2 Å². The highest BCUT2D eigenvalue weighted by molar-refractivity contribution is 5.57. The molecule has 2 aromatic carbocycles. The first-order chi connectivity index (χ1) is 13.0. The third-order valence-electron chi connectivity index (χ3n) is 4.92. The van der Waals surface area contributed by atoms with Crippen LogP contribution in [-0.4, -0.2) is 9.78 Å². The van der Waals surface area contributed by atoms with Gasteiger partial charge in [0.2, 0.25) is 11.8 Å². The quantitative estimate of drug-likeness (QED) is 0.752. The summed E-state index contributed by atoms with van der Waals surface area (Å²) in [4.78, 5) is 0. The van der Waals surface area contributed by atoms with Crippen molar-refractivity contribution in [2.45, 2.75) is 26.7 Å². The smallest absolute Gasteiger partial charge is 0.229 e. The fourth-order valence-corrected chi connectivity index (χ4v) is 3.47. The lowest BCUT2D eigenvalue weighted by atomic mass is 9.84. The van der Waals surface area contributed by atoms with Crippen LogP contribution in [0.15, 0.2) is 60.0 Å². The number of hydrogen-bond acceptors (Lipinski definition) is 4. The molecule has 134 valence electrons. The Kier molecular flexibility index (Phi) is 3.97. The van der Waals surface area contributed by atoms with E-state index in [1.165, 1.54) is 5.56 Å². The van der Waals surface area contributed by atoms with Crippen LogP contribution >= 0.6 is 0 Å². The van der Waals surface area contributed by atoms with Crippen molar-refractivity contribution in [3.05, 3.63) is 87.9 Å². The maximum Gasteiger partial charge on any atom is 0.229 e. The Morgan fingerprint density at radius 3 is 2.19 bits per heavy atom. The van der Waals surface area contributed by atoms with E-state index in [-0.39, 0.29) is 11.8 Å². The zero-order valence-corrected chi connectivity index (χ0v) is 15.5. The highest BCUT2D eigenvalue weighted by atomic mass is 16.5. The SMILES string of the molecule is Cc1ccc(C2C(C#N)=C(N)Oc3c2c(C)nn3-c2ccc(C)cc2)cc1. The largest absolute Gasteiger partial charge is 0.422 e. The zero-order chi connectivity index (χ0) is 19.1. The van der Waals surface area contributed by atoms with Crippen molar-refractivity contribution in [2.24, 2.45) is 5.73 Å². The molecular formula is C22H20N4O. The van der Waals surface area contributed by atoms with Crippen LogP contribution in [0.25, 0.3) is 5.69 Å². The van der Waals surface area contributed by atoms with E-state index in [9.17, 15) is 5.26 Å². The minimum absolute atomic E-state index is 0.129. The third kappa shape index (κ3) is 2.76. The van der Waals surface area contributed by atoms with Crippen LogP contribution in [0.3, 0.4) is 0 Å². The topological polar surface area (TPSA) is 76.9 Å². The minimum Gasteiger partial charge on any atom is -0.422 e. The van der Waals surface area contributed by atoms with E-state index < -0.39 is 0 Å². The van der Waals surface area contributed by atoms with Crippen LogP contribution < -0.4 is 10.5 Å². The van der Waals surface area contributed by atoms with Crippen molar-refractivity contribution < 1.29 is 4.74 Å². The van der Waals surface area contributed by atoms with Crippen molar-refractivity contribution in [1.82, 2.24) is 9.78 Å². The summed E-state index contributed by atoms with van der Waals surface area (Å²) in [6.45, 7) is 6.01. The average molecular weight is 356 g/mol. The van der Waals surface area contributed by atoms with E-state index in [1.54, 1.807) is 4.68 Å². The summed E-state index contributed by atoms with van der Waals surface area (Å²) in [6, 6.07) is 18.4. The molecule has 5 heteroatoms. The molecule has 1 aliphatic heterocycles. The first-order valence-corrected chi connectivity index (χ1v) is 8.80. The number of benzene rings is 2. The van der Waals surface area contributed by atoms with Crippen LogP contribution in [-0.2, 0) is 0 Å². The van der Waals surface area contributed by atoms with E-state index in [4.69, 9.17) is 10.5 Å². The van der Waals surface area contributed by atoms with Crippen LogP contribution in [0.2, 0.25) is 0 Å². The van der Waals surface area contributed by atoms with Gasteiger partial charge < -0.3 is 10.5 Å². The fourth-order valence-electron chi connectivity index (χ4n) is 3.47. The second-order valence-corrected chi connectivity index (χ2v) is 6.89. The molecule has 0 bridgehead atoms. The molecule has 1 aliphatic rings. The zero-order valence-electron chi connectivity index (χ0n) is 15.5. The number of allylic oxidation sites excluding steroid dienone is 1. The molecule has 0 fully saturated rings. The summed E-state index contributed by atoms with van der Waals surface area (Å²) in [5, 5.41) is 14.4. The summed E-state index contributed by atoms with van der Waals surface area (Å²) in [5.41, 5.74) is 12.5. The van der Waals surface area contributed by atoms with Gasteiger partial charge >= 0.3 is 0 Å². The maximum atomic E-state index is 9.72. The van der Waals surface area contributed by atoms with Gasteiger partial charge in [0.25, 0.3) is 0 Å². The second kappa shape index (κ2) is 6.33. The van der Waals surface area contributed by atoms with Crippen molar-refractivity contribution in [1.29, 1.82) is 5.26 Å². The van der Waals surface area contributed by atoms with Gasteiger partial charge in [0.1, 0.15) is 11.6 Å². The predicted molar refractivity (Wildman–Crippen MR) is 104 cm³/mol. The summed E-state index contributed by atoms with van der Waals surface area (Å²) in [6.07, 6.45) is 0. The Balaban J connectivity index is 1.93. The average Bonchev–Trinajstić information content (AvgIpc) is 2.98. The number of rotatable bonds is 2. The van der Waals surface area contributed by atoms with E-state index in [0.717, 1.165) is 28.1 Å². The highest BCUT2D eigenvalue weighted by Crippen LogP contribution is 2.44. The van der Waals surface area contributed by atoms with Gasteiger partial charge in [-0.15, -0.1) is 0 Å². The van der Waals surface area contributed by atoms with Crippen molar-refractivity contribution in [3.63, 3.8) is 0 Å². The van der Waals surface area contributed by atoms with Crippen LogP contribution in [0, 0.1) is 32.1 Å². The Morgan fingerprint density at radius 2 is 1.59 bits per heavy atom. The molecule has 0 spiro atoms. The highest BCUT2D eigenvalue weighted by Gasteiger charge is 2.36. The molecular weight excluding hydrogens is 336 g/mol. The first-order valence-electron chi connectivity index (χ1n) is 8.80. The van der Waals surface area contributed by atoms with Gasteiger partial charge in [0.15, 0.2) is 0 Å². The van der Waals surface area contributed by atoms with Gasteiger partial charge in [-0.05, 0) is 38.5 Å². The number of ether oxygens (including phenoxy) is 1. The Hall–Kier alpha value is -3.52. The normalized spacial score (nSPS) is 15.9. The number of hydrogen-bond donors (Lipinski definition) is 1. The molecule has 0 saturated carbocycles. The Bertz CT molecular complexity index is 1080. The number of fused-ring (bicyclic) bond motifs is 1. The van der Waals surface area contributed by atoms with Gasteiger partial charge in [0, 0.05) is 0 Å². The molecule has 0 saturated heterocycles. The summed E-state index contributed by atoms with van der Waals surface area (Å²) in [5.74, 6) is 0.404. The second-order valence-electron chi connectivity index (χ2n) is 6.89. The molecule has 1 unspecified atom stereocenters. The molecule has 2 heterocycles. The number of aryl methyl sites for hydroxylation is 3. The van der Waals surface area contributed by atoms with Crippen LogP contribution in [0.5, 0.6) is 5.88 Å². The standard InChI is InChI=1S/C22H20N4O/c1-13-4-8-16(9-5-13)20-18(12-23)21(24)27-22-19(20)15(3)25-26(22)17-10-6-14(2)7-11-17/h4-11,20H,24H2,1-3H3. The van der Waals surface area contributed by atoms with Gasteiger partial charge in [-0.25, -0.2) is 4.68 Å². The maximum absolute atomic E-state index is 9.72. The van der Waals surface area contributed by atoms with Gasteiger partial charge in [-0.2, -0.15) is 10.4 Å². The van der Waals surface area contributed by atoms with Gasteiger partial charge in [-0.3, -0.25) is 0 Å². The molecule has 0 amide bonds. The fraction of sp³-hybridized carbons (Fsp3) is 0.182. The van der Waals surface area contributed by atoms with Gasteiger partial charge in [-0.1, -0.05) is 47.5 Å². The Morgan fingerprint density at radius 1 is 1.00 bits per heavy atom. The van der Waals surface area contributed by atoms with Crippen molar-refractivity contribution in [3.8, 4) is 17.6 Å². The van der Waals surface area contributed by atoms with Gasteiger partial charge in [0.05, 0.1) is 22.9 Å². The summed E-state index contributed by atoms with van der Waals surface area (Å²) in [7, 11) is 0. The number of nitrogens with two attached hydrogens (primary N) is 1. The lowest BCUT2D eigenvalue weighted by Gasteiger charge is -2.25. The molecule has 0 aliphatic carbocycles. The molecule has 2 N–H and O–H groups in total. The van der Waals surface area contributed by atoms with Crippen molar-refractivity contribution >= 4 is 0 Å². The Labute approximate surface area is 158 Å². The molecule has 5 nitrogen and oxygen atoms in total. The molecule has 27 heavy (non-hydrogen) atoms. The van der Waals surface area contributed by atoms with Crippen molar-refractivity contribution in [2.75, 3.05) is 0 Å². The molecule has 1 atom stereocenters. The number of aromatic nitrogens is 2. The minimum atomic E-state index is -0.293.